The highest BCUT2D eigenvalue weighted by Crippen LogP contribution is 2.20. The maximum absolute atomic E-state index is 10.9. The zero-order valence-corrected chi connectivity index (χ0v) is 10.8. The number of nitrogens with zero attached hydrogens (tertiary/aromatic N) is 2. The number of fused-ring (bicyclic) bond motifs is 1. The standard InChI is InChI=1S/C13H17N5O/c1-18(8-12(14)19)7-10-6-9-4-2-3-5-11(9)16-13(10)17-15/h2-6H,7-8,15H2,1H3,(H2,14,19)(H,16,17). The van der Waals surface area contributed by atoms with Crippen molar-refractivity contribution in [3.63, 3.8) is 0 Å². The Morgan fingerprint density at radius 1 is 1.42 bits per heavy atom. The molecule has 1 aromatic heterocycles. The van der Waals surface area contributed by atoms with Crippen LogP contribution in [0.25, 0.3) is 10.9 Å². The second-order valence-electron chi connectivity index (χ2n) is 4.47. The van der Waals surface area contributed by atoms with Gasteiger partial charge >= 0.3 is 0 Å². The van der Waals surface area contributed by atoms with Crippen LogP contribution in [0.4, 0.5) is 5.82 Å². The zero-order chi connectivity index (χ0) is 13.8. The second-order valence-corrected chi connectivity index (χ2v) is 4.47. The van der Waals surface area contributed by atoms with Gasteiger partial charge in [0.25, 0.3) is 0 Å². The Morgan fingerprint density at radius 3 is 2.84 bits per heavy atom. The predicted molar refractivity (Wildman–Crippen MR) is 75.1 cm³/mol. The Hall–Kier alpha value is -2.18. The highest BCUT2D eigenvalue weighted by molar-refractivity contribution is 5.81. The van der Waals surface area contributed by atoms with Crippen molar-refractivity contribution in [1.29, 1.82) is 0 Å². The van der Waals surface area contributed by atoms with Crippen molar-refractivity contribution in [3.05, 3.63) is 35.9 Å². The number of hydrogen-bond acceptors (Lipinski definition) is 5. The summed E-state index contributed by atoms with van der Waals surface area (Å²) >= 11 is 0. The number of likely N-dealkylation sites (N-methyl/N-ethyl adjacent to an activating group) is 1. The molecule has 1 amide bonds. The Balaban J connectivity index is 2.32. The lowest BCUT2D eigenvalue weighted by atomic mass is 10.1. The number of carbonyl (C=O) groups is 1. The predicted octanol–water partition coefficient (Wildman–Crippen LogP) is 0.437. The third-order valence-electron chi connectivity index (χ3n) is 2.81. The van der Waals surface area contributed by atoms with E-state index in [9.17, 15) is 4.79 Å². The molecule has 1 aromatic carbocycles. The Morgan fingerprint density at radius 2 is 2.16 bits per heavy atom. The number of carbonyl (C=O) groups excluding carboxylic acids is 1. The van der Waals surface area contributed by atoms with E-state index in [0.29, 0.717) is 12.4 Å². The zero-order valence-electron chi connectivity index (χ0n) is 10.8. The number of amides is 1. The van der Waals surface area contributed by atoms with E-state index in [1.54, 1.807) is 0 Å². The summed E-state index contributed by atoms with van der Waals surface area (Å²) in [6, 6.07) is 9.80. The molecule has 6 nitrogen and oxygen atoms in total. The molecule has 0 spiro atoms. The maximum Gasteiger partial charge on any atom is 0.231 e. The van der Waals surface area contributed by atoms with Crippen molar-refractivity contribution < 1.29 is 4.79 Å². The van der Waals surface area contributed by atoms with E-state index in [1.165, 1.54) is 0 Å². The molecule has 0 atom stereocenters. The van der Waals surface area contributed by atoms with Gasteiger partial charge in [0.1, 0.15) is 5.82 Å². The number of anilines is 1. The van der Waals surface area contributed by atoms with Crippen LogP contribution in [0.5, 0.6) is 0 Å². The first-order valence-electron chi connectivity index (χ1n) is 5.92. The van der Waals surface area contributed by atoms with Gasteiger partial charge in [-0.1, -0.05) is 18.2 Å². The molecule has 0 bridgehead atoms. The number of pyridine rings is 1. The summed E-state index contributed by atoms with van der Waals surface area (Å²) in [6.07, 6.45) is 0. The molecule has 5 N–H and O–H groups in total. The van der Waals surface area contributed by atoms with Crippen molar-refractivity contribution in [2.75, 3.05) is 19.0 Å². The Kier molecular flexibility index (Phi) is 3.94. The van der Waals surface area contributed by atoms with E-state index in [-0.39, 0.29) is 12.5 Å². The molecule has 2 aromatic rings. The Bertz CT molecular complexity index is 599. The molecule has 6 heteroatoms. The van der Waals surface area contributed by atoms with Crippen molar-refractivity contribution in [2.24, 2.45) is 11.6 Å². The van der Waals surface area contributed by atoms with Gasteiger partial charge < -0.3 is 11.2 Å². The Labute approximate surface area is 111 Å². The summed E-state index contributed by atoms with van der Waals surface area (Å²) in [5.41, 5.74) is 9.56. The third kappa shape index (κ3) is 3.18. The molecule has 0 unspecified atom stereocenters. The number of nitrogen functional groups attached to an aromatic ring is 1. The first kappa shape index (κ1) is 13.3. The average molecular weight is 259 g/mol. The van der Waals surface area contributed by atoms with Gasteiger partial charge in [-0.2, -0.15) is 0 Å². The molecule has 0 aliphatic rings. The topological polar surface area (TPSA) is 97.3 Å². The van der Waals surface area contributed by atoms with Crippen LogP contribution < -0.4 is 17.0 Å². The van der Waals surface area contributed by atoms with Gasteiger partial charge in [-0.3, -0.25) is 9.69 Å². The van der Waals surface area contributed by atoms with E-state index < -0.39 is 0 Å². The minimum atomic E-state index is -0.362. The minimum absolute atomic E-state index is 0.191. The molecule has 1 heterocycles. The molecule has 0 radical (unpaired) electrons. The van der Waals surface area contributed by atoms with Gasteiger partial charge in [0.2, 0.25) is 5.91 Å². The molecule has 0 aliphatic carbocycles. The van der Waals surface area contributed by atoms with Crippen LogP contribution in [-0.4, -0.2) is 29.4 Å². The van der Waals surface area contributed by atoms with Gasteiger partial charge in [-0.15, -0.1) is 0 Å². The van der Waals surface area contributed by atoms with Crippen LogP contribution in [0, 0.1) is 0 Å². The quantitative estimate of drug-likeness (QED) is 0.534. The number of hydrogen-bond donors (Lipinski definition) is 3. The summed E-state index contributed by atoms with van der Waals surface area (Å²) in [7, 11) is 1.82. The van der Waals surface area contributed by atoms with E-state index >= 15 is 0 Å². The van der Waals surface area contributed by atoms with E-state index in [2.05, 4.69) is 10.4 Å². The summed E-state index contributed by atoms with van der Waals surface area (Å²) in [6.45, 7) is 0.733. The number of primary amides is 1. The SMILES string of the molecule is CN(CC(N)=O)Cc1cc2ccccc2nc1NN. The van der Waals surface area contributed by atoms with E-state index in [0.717, 1.165) is 16.5 Å². The third-order valence-corrected chi connectivity index (χ3v) is 2.81. The number of benzene rings is 1. The lowest BCUT2D eigenvalue weighted by Gasteiger charge is -2.17. The molecule has 0 saturated carbocycles. The highest BCUT2D eigenvalue weighted by Gasteiger charge is 2.10. The van der Waals surface area contributed by atoms with Crippen LogP contribution in [-0.2, 0) is 11.3 Å². The van der Waals surface area contributed by atoms with Gasteiger partial charge in [0, 0.05) is 17.5 Å². The summed E-state index contributed by atoms with van der Waals surface area (Å²) in [4.78, 5) is 17.2. The van der Waals surface area contributed by atoms with Crippen molar-refractivity contribution >= 4 is 22.6 Å². The second kappa shape index (κ2) is 5.64. The van der Waals surface area contributed by atoms with E-state index in [4.69, 9.17) is 11.6 Å². The van der Waals surface area contributed by atoms with Crippen molar-refractivity contribution in [2.45, 2.75) is 6.54 Å². The normalized spacial score (nSPS) is 10.9. The summed E-state index contributed by atoms with van der Waals surface area (Å²) in [5, 5.41) is 1.03. The number of nitrogens with one attached hydrogen (secondary N) is 1. The number of rotatable bonds is 5. The molecule has 19 heavy (non-hydrogen) atoms. The molecular weight excluding hydrogens is 242 g/mol. The summed E-state index contributed by atoms with van der Waals surface area (Å²) < 4.78 is 0. The van der Waals surface area contributed by atoms with Gasteiger partial charge in [-0.05, 0) is 19.2 Å². The number of nitrogens with two attached hydrogens (primary N) is 2. The lowest BCUT2D eigenvalue weighted by Crippen LogP contribution is -2.30. The maximum atomic E-state index is 10.9. The molecule has 2 rings (SSSR count). The fraction of sp³-hybridized carbons (Fsp3) is 0.231. The fourth-order valence-electron chi connectivity index (χ4n) is 2.02. The number of aromatic nitrogens is 1. The highest BCUT2D eigenvalue weighted by atomic mass is 16.1. The molecule has 0 saturated heterocycles. The number of para-hydroxylation sites is 1. The number of hydrazine groups is 1. The average Bonchev–Trinajstić information content (AvgIpc) is 2.36. The summed E-state index contributed by atoms with van der Waals surface area (Å²) in [5.74, 6) is 5.74. The molecule has 100 valence electrons. The van der Waals surface area contributed by atoms with Crippen LogP contribution in [0.15, 0.2) is 30.3 Å². The monoisotopic (exact) mass is 259 g/mol. The largest absolute Gasteiger partial charge is 0.369 e. The van der Waals surface area contributed by atoms with Crippen LogP contribution in [0.2, 0.25) is 0 Å². The van der Waals surface area contributed by atoms with Crippen molar-refractivity contribution in [3.8, 4) is 0 Å². The smallest absolute Gasteiger partial charge is 0.231 e. The minimum Gasteiger partial charge on any atom is -0.369 e. The van der Waals surface area contributed by atoms with Gasteiger partial charge in [-0.25, -0.2) is 10.8 Å². The van der Waals surface area contributed by atoms with Crippen LogP contribution in [0.1, 0.15) is 5.56 Å². The lowest BCUT2D eigenvalue weighted by molar-refractivity contribution is -0.118. The van der Waals surface area contributed by atoms with Gasteiger partial charge in [0.05, 0.1) is 12.1 Å². The van der Waals surface area contributed by atoms with E-state index in [1.807, 2.05) is 42.3 Å². The van der Waals surface area contributed by atoms with Crippen LogP contribution in [0.3, 0.4) is 0 Å². The molecule has 0 fully saturated rings. The first-order chi connectivity index (χ1) is 9.10. The molecule has 0 aliphatic heterocycles. The van der Waals surface area contributed by atoms with Crippen LogP contribution >= 0.6 is 0 Å². The van der Waals surface area contributed by atoms with Gasteiger partial charge in [0.15, 0.2) is 0 Å². The first-order valence-corrected chi connectivity index (χ1v) is 5.92. The molecular formula is C13H17N5O. The fourth-order valence-corrected chi connectivity index (χ4v) is 2.02. The van der Waals surface area contributed by atoms with Crippen molar-refractivity contribution in [1.82, 2.24) is 9.88 Å².